The van der Waals surface area contributed by atoms with Gasteiger partial charge in [-0.15, -0.1) is 0 Å². The average molecular weight is 210 g/mol. The van der Waals surface area contributed by atoms with Gasteiger partial charge in [0.2, 0.25) is 0 Å². The van der Waals surface area contributed by atoms with Gasteiger partial charge in [0.25, 0.3) is 0 Å². The van der Waals surface area contributed by atoms with Gasteiger partial charge in [0, 0.05) is 0 Å². The van der Waals surface area contributed by atoms with E-state index in [2.05, 4.69) is 16.8 Å². The van der Waals surface area contributed by atoms with Crippen molar-refractivity contribution in [3.63, 3.8) is 0 Å². The molecule has 1 aliphatic rings. The molecule has 2 nitrogen and oxygen atoms in total. The third-order valence-electron chi connectivity index (χ3n) is 2.08. The number of hydrogen-bond acceptors (Lipinski definition) is 2. The molecule has 0 spiro atoms. The Labute approximate surface area is 97.6 Å². The Morgan fingerprint density at radius 2 is 2.38 bits per heavy atom. The van der Waals surface area contributed by atoms with Gasteiger partial charge in [-0.1, -0.05) is 0 Å². The van der Waals surface area contributed by atoms with Crippen molar-refractivity contribution in [1.29, 1.82) is 0 Å². The van der Waals surface area contributed by atoms with Gasteiger partial charge in [-0.3, -0.25) is 0 Å². The predicted octanol–water partition coefficient (Wildman–Crippen LogP) is 1.69. The van der Waals surface area contributed by atoms with Crippen LogP contribution in [-0.2, 0) is 0 Å². The fraction of sp³-hybridized carbons (Fsp3) is 0.231. The zero-order chi connectivity index (χ0) is 11.6. The summed E-state index contributed by atoms with van der Waals surface area (Å²) in [6.07, 6.45) is 12.4. The Bertz CT molecular complexity index is 429. The first-order valence-electron chi connectivity index (χ1n) is 5.27. The summed E-state index contributed by atoms with van der Waals surface area (Å²) in [4.78, 5) is 4.39. The van der Waals surface area contributed by atoms with E-state index in [-0.39, 0.29) is 0 Å². The molecule has 0 saturated heterocycles. The second-order valence-electron chi connectivity index (χ2n) is 3.18. The fourth-order valence-electron chi connectivity index (χ4n) is 1.28. The molecule has 16 heavy (non-hydrogen) atoms. The normalized spacial score (nSPS) is 18.3. The Balaban J connectivity index is 2.85. The molecule has 3 heteroatoms. The van der Waals surface area contributed by atoms with Gasteiger partial charge in [0.1, 0.15) is 0 Å². The van der Waals surface area contributed by atoms with Gasteiger partial charge < -0.3 is 0 Å². The zero-order valence-electron chi connectivity index (χ0n) is 9.48. The van der Waals surface area contributed by atoms with E-state index in [1.54, 1.807) is 6.08 Å². The number of rotatable bonds is 3. The molecular formula is C13H15BN2. The molecule has 0 saturated carbocycles. The van der Waals surface area contributed by atoms with Gasteiger partial charge in [-0.05, 0) is 0 Å². The van der Waals surface area contributed by atoms with E-state index >= 15 is 0 Å². The molecule has 0 aromatic heterocycles. The van der Waals surface area contributed by atoms with Crippen molar-refractivity contribution in [1.82, 2.24) is 0 Å². The molecular weight excluding hydrogens is 195 g/mol. The topological polar surface area (TPSA) is 38.4 Å². The van der Waals surface area contributed by atoms with Crippen LogP contribution in [0.1, 0.15) is 12.8 Å². The van der Waals surface area contributed by atoms with Crippen molar-refractivity contribution >= 4 is 18.1 Å². The SMILES string of the molecule is CB=C(/C=C\C=C/N)C1=N/C=C\CC#CC1. The maximum atomic E-state index is 5.27. The molecule has 0 radical (unpaired) electrons. The quantitative estimate of drug-likeness (QED) is 0.429. The van der Waals surface area contributed by atoms with E-state index in [0.29, 0.717) is 6.42 Å². The molecule has 80 valence electrons. The third kappa shape index (κ3) is 4.14. The summed E-state index contributed by atoms with van der Waals surface area (Å²) >= 11 is 0. The number of nitrogens with two attached hydrogens (primary N) is 1. The number of allylic oxidation sites excluding steroid dienone is 4. The molecule has 0 bridgehead atoms. The molecule has 2 N–H and O–H groups in total. The van der Waals surface area contributed by atoms with Gasteiger partial charge in [0.15, 0.2) is 0 Å². The van der Waals surface area contributed by atoms with Crippen LogP contribution in [-0.4, -0.2) is 18.1 Å². The number of aliphatic imine (C=N–C) groups is 1. The van der Waals surface area contributed by atoms with E-state index in [9.17, 15) is 0 Å². The van der Waals surface area contributed by atoms with Crippen molar-refractivity contribution in [2.45, 2.75) is 19.7 Å². The standard InChI is InChI=1S/C13H15BN2/c1-14-12(8-5-6-10-15)13-9-4-2-3-7-11-16-13/h5-8,10-11H,3,9,15H2,1H3/b8-5-,10-6-,11-7-,16-13?. The summed E-state index contributed by atoms with van der Waals surface area (Å²) in [7, 11) is 0. The maximum absolute atomic E-state index is 5.27. The average Bonchev–Trinajstić information content (AvgIpc) is 2.25. The molecule has 0 fully saturated rings. The van der Waals surface area contributed by atoms with Gasteiger partial charge >= 0.3 is 97.0 Å². The van der Waals surface area contributed by atoms with Crippen molar-refractivity contribution in [3.8, 4) is 11.8 Å². The summed E-state index contributed by atoms with van der Waals surface area (Å²) in [5.74, 6) is 6.15. The first-order chi connectivity index (χ1) is 7.88. The summed E-state index contributed by atoms with van der Waals surface area (Å²) in [5, 5.41) is 0. The molecule has 0 amide bonds. The van der Waals surface area contributed by atoms with E-state index < -0.39 is 0 Å². The first-order valence-corrected chi connectivity index (χ1v) is 5.27. The zero-order valence-corrected chi connectivity index (χ0v) is 9.48. The van der Waals surface area contributed by atoms with Crippen LogP contribution in [0.5, 0.6) is 0 Å². The Kier molecular flexibility index (Phi) is 5.72. The van der Waals surface area contributed by atoms with Crippen LogP contribution >= 0.6 is 0 Å². The van der Waals surface area contributed by atoms with Crippen LogP contribution in [0.3, 0.4) is 0 Å². The number of hydrogen-bond donors (Lipinski definition) is 1. The fourth-order valence-corrected chi connectivity index (χ4v) is 1.28. The predicted molar refractivity (Wildman–Crippen MR) is 72.7 cm³/mol. The van der Waals surface area contributed by atoms with Crippen molar-refractivity contribution in [2.24, 2.45) is 10.7 Å². The van der Waals surface area contributed by atoms with Crippen molar-refractivity contribution < 1.29 is 0 Å². The van der Waals surface area contributed by atoms with Crippen LogP contribution in [0, 0.1) is 11.8 Å². The van der Waals surface area contributed by atoms with E-state index in [4.69, 9.17) is 5.73 Å². The minimum atomic E-state index is 0.695. The molecule has 0 aromatic carbocycles. The van der Waals surface area contributed by atoms with Crippen LogP contribution in [0.2, 0.25) is 6.82 Å². The molecule has 1 heterocycles. The van der Waals surface area contributed by atoms with Crippen molar-refractivity contribution in [3.05, 3.63) is 36.7 Å². The van der Waals surface area contributed by atoms with Crippen LogP contribution in [0.15, 0.2) is 41.7 Å². The molecule has 0 unspecified atom stereocenters. The third-order valence-corrected chi connectivity index (χ3v) is 2.08. The summed E-state index contributed by atoms with van der Waals surface area (Å²) in [5.41, 5.74) is 7.34. The Hall–Kier alpha value is -1.82. The summed E-state index contributed by atoms with van der Waals surface area (Å²) in [6, 6.07) is 0. The summed E-state index contributed by atoms with van der Waals surface area (Å²) in [6.45, 7) is 4.01. The van der Waals surface area contributed by atoms with Gasteiger partial charge in [0.05, 0.1) is 0 Å². The minimum absolute atomic E-state index is 0.695. The molecule has 1 aliphatic heterocycles. The monoisotopic (exact) mass is 210 g/mol. The van der Waals surface area contributed by atoms with Gasteiger partial charge in [-0.2, -0.15) is 0 Å². The van der Waals surface area contributed by atoms with Gasteiger partial charge in [-0.25, -0.2) is 0 Å². The Morgan fingerprint density at radius 1 is 1.50 bits per heavy atom. The molecule has 0 aliphatic carbocycles. The second kappa shape index (κ2) is 7.47. The first kappa shape index (κ1) is 12.3. The summed E-state index contributed by atoms with van der Waals surface area (Å²) < 4.78 is 0. The molecule has 0 aromatic rings. The van der Waals surface area contributed by atoms with Crippen LogP contribution < -0.4 is 5.73 Å². The Morgan fingerprint density at radius 3 is 3.12 bits per heavy atom. The second-order valence-corrected chi connectivity index (χ2v) is 3.18. The van der Waals surface area contributed by atoms with Crippen molar-refractivity contribution in [2.75, 3.05) is 0 Å². The van der Waals surface area contributed by atoms with Crippen LogP contribution in [0.25, 0.3) is 0 Å². The molecule has 0 atom stereocenters. The van der Waals surface area contributed by atoms with E-state index in [1.807, 2.05) is 38.2 Å². The van der Waals surface area contributed by atoms with Crippen LogP contribution in [0.4, 0.5) is 0 Å². The van der Waals surface area contributed by atoms with E-state index in [0.717, 1.165) is 17.6 Å². The molecule has 1 rings (SSSR count). The number of nitrogens with zero attached hydrogens (tertiary/aromatic N) is 1. The van der Waals surface area contributed by atoms with E-state index in [1.165, 1.54) is 6.20 Å².